The van der Waals surface area contributed by atoms with E-state index in [0.717, 1.165) is 30.0 Å². The minimum atomic E-state index is 0.213. The molecule has 0 bridgehead atoms. The summed E-state index contributed by atoms with van der Waals surface area (Å²) in [4.78, 5) is 11.0. The number of rotatable bonds is 3. The van der Waals surface area contributed by atoms with Gasteiger partial charge in [0.1, 0.15) is 0 Å². The molecule has 1 aromatic carbocycles. The molecule has 1 saturated heterocycles. The van der Waals surface area contributed by atoms with Gasteiger partial charge >= 0.3 is 0 Å². The lowest BCUT2D eigenvalue weighted by molar-refractivity contribution is 0.327. The Hall–Kier alpha value is -2.83. The molecule has 0 N–H and O–H groups in total. The molecule has 0 amide bonds. The number of hydrogen-bond acceptors (Lipinski definition) is 7. The monoisotopic (exact) mass is 308 g/mol. The van der Waals surface area contributed by atoms with Crippen molar-refractivity contribution in [3.05, 3.63) is 47.6 Å². The van der Waals surface area contributed by atoms with Crippen LogP contribution in [0.25, 0.3) is 11.4 Å². The maximum atomic E-state index is 5.41. The fraction of sp³-hybridized carbons (Fsp3) is 0.312. The fourth-order valence-corrected chi connectivity index (χ4v) is 2.48. The van der Waals surface area contributed by atoms with Crippen LogP contribution in [0.2, 0.25) is 0 Å². The zero-order valence-electron chi connectivity index (χ0n) is 13.0. The van der Waals surface area contributed by atoms with E-state index in [-0.39, 0.29) is 5.92 Å². The average molecular weight is 308 g/mol. The summed E-state index contributed by atoms with van der Waals surface area (Å²) in [7, 11) is 0. The second-order valence-electron chi connectivity index (χ2n) is 5.71. The molecule has 0 atom stereocenters. The number of aromatic nitrogens is 5. The minimum absolute atomic E-state index is 0.213. The van der Waals surface area contributed by atoms with Crippen LogP contribution >= 0.6 is 0 Å². The molecule has 0 unspecified atom stereocenters. The lowest BCUT2D eigenvalue weighted by Gasteiger charge is -2.36. The second-order valence-corrected chi connectivity index (χ2v) is 5.71. The van der Waals surface area contributed by atoms with Gasteiger partial charge in [0.15, 0.2) is 0 Å². The molecule has 23 heavy (non-hydrogen) atoms. The van der Waals surface area contributed by atoms with Crippen molar-refractivity contribution >= 4 is 5.95 Å². The van der Waals surface area contributed by atoms with E-state index in [4.69, 9.17) is 4.52 Å². The highest BCUT2D eigenvalue weighted by atomic mass is 16.5. The third-order valence-electron chi connectivity index (χ3n) is 4.07. The van der Waals surface area contributed by atoms with E-state index >= 15 is 0 Å². The van der Waals surface area contributed by atoms with Crippen molar-refractivity contribution in [3.8, 4) is 11.4 Å². The molecular weight excluding hydrogens is 292 g/mol. The van der Waals surface area contributed by atoms with Gasteiger partial charge in [-0.05, 0) is 13.8 Å². The van der Waals surface area contributed by atoms with Crippen molar-refractivity contribution in [2.45, 2.75) is 19.8 Å². The van der Waals surface area contributed by atoms with Crippen LogP contribution in [0, 0.1) is 13.8 Å². The van der Waals surface area contributed by atoms with Gasteiger partial charge in [-0.15, -0.1) is 5.10 Å². The summed E-state index contributed by atoms with van der Waals surface area (Å²) in [6.07, 6.45) is 0. The summed E-state index contributed by atoms with van der Waals surface area (Å²) in [6.45, 7) is 5.37. The first-order valence-corrected chi connectivity index (χ1v) is 7.52. The molecule has 3 aromatic rings. The Morgan fingerprint density at radius 2 is 1.78 bits per heavy atom. The Bertz CT molecular complexity index is 826. The van der Waals surface area contributed by atoms with E-state index in [1.54, 1.807) is 0 Å². The van der Waals surface area contributed by atoms with Crippen molar-refractivity contribution < 1.29 is 4.52 Å². The van der Waals surface area contributed by atoms with E-state index in [1.165, 1.54) is 0 Å². The van der Waals surface area contributed by atoms with Crippen molar-refractivity contribution in [3.63, 3.8) is 0 Å². The molecule has 0 spiro atoms. The quantitative estimate of drug-likeness (QED) is 0.733. The highest BCUT2D eigenvalue weighted by molar-refractivity contribution is 5.53. The Labute approximate surface area is 133 Å². The van der Waals surface area contributed by atoms with Crippen LogP contribution in [0.3, 0.4) is 0 Å². The molecule has 7 heteroatoms. The summed E-state index contributed by atoms with van der Waals surface area (Å²) in [5.41, 5.74) is 2.72. The van der Waals surface area contributed by atoms with Gasteiger partial charge < -0.3 is 9.42 Å². The first-order chi connectivity index (χ1) is 11.2. The molecule has 116 valence electrons. The average Bonchev–Trinajstić information content (AvgIpc) is 3.00. The Kier molecular flexibility index (Phi) is 3.25. The maximum absolute atomic E-state index is 5.41. The third-order valence-corrected chi connectivity index (χ3v) is 4.07. The first-order valence-electron chi connectivity index (χ1n) is 7.52. The highest BCUT2D eigenvalue weighted by Crippen LogP contribution is 2.29. The van der Waals surface area contributed by atoms with Crippen LogP contribution in [0.15, 0.2) is 34.9 Å². The van der Waals surface area contributed by atoms with Gasteiger partial charge in [-0.3, -0.25) is 0 Å². The Morgan fingerprint density at radius 1 is 1.00 bits per heavy atom. The van der Waals surface area contributed by atoms with Gasteiger partial charge in [0, 0.05) is 18.7 Å². The molecule has 0 aliphatic carbocycles. The zero-order valence-corrected chi connectivity index (χ0v) is 13.0. The smallest absolute Gasteiger partial charge is 0.245 e. The second kappa shape index (κ2) is 5.42. The molecule has 1 aliphatic rings. The molecule has 4 rings (SSSR count). The lowest BCUT2D eigenvalue weighted by Crippen LogP contribution is -2.46. The largest absolute Gasteiger partial charge is 0.339 e. The van der Waals surface area contributed by atoms with Crippen LogP contribution in [0.5, 0.6) is 0 Å². The number of benzene rings is 1. The predicted octanol–water partition coefficient (Wildman–Crippen LogP) is 2.14. The highest BCUT2D eigenvalue weighted by Gasteiger charge is 2.34. The lowest BCUT2D eigenvalue weighted by atomic mass is 10.0. The van der Waals surface area contributed by atoms with Crippen molar-refractivity contribution in [2.75, 3.05) is 18.0 Å². The van der Waals surface area contributed by atoms with Crippen molar-refractivity contribution in [1.29, 1.82) is 0 Å². The van der Waals surface area contributed by atoms with Crippen LogP contribution in [-0.2, 0) is 0 Å². The van der Waals surface area contributed by atoms with E-state index in [9.17, 15) is 0 Å². The first kappa shape index (κ1) is 13.8. The predicted molar refractivity (Wildman–Crippen MR) is 84.0 cm³/mol. The topological polar surface area (TPSA) is 80.8 Å². The van der Waals surface area contributed by atoms with Gasteiger partial charge in [0.2, 0.25) is 17.7 Å². The standard InChI is InChI=1S/C16H16N6O/c1-10-11(2)19-20-16(17-10)22-8-13(9-22)15-18-14(21-23-15)12-6-4-3-5-7-12/h3-7,13H,8-9H2,1-2H3. The van der Waals surface area contributed by atoms with E-state index in [1.807, 2.05) is 44.2 Å². The Morgan fingerprint density at radius 3 is 2.52 bits per heavy atom. The molecular formula is C16H16N6O. The van der Waals surface area contributed by atoms with Gasteiger partial charge in [-0.1, -0.05) is 35.5 Å². The number of aryl methyl sites for hydroxylation is 2. The zero-order chi connectivity index (χ0) is 15.8. The van der Waals surface area contributed by atoms with Crippen LogP contribution in [-0.4, -0.2) is 38.4 Å². The SMILES string of the molecule is Cc1nnc(N2CC(c3nc(-c4ccccc4)no3)C2)nc1C. The van der Waals surface area contributed by atoms with Crippen molar-refractivity contribution in [2.24, 2.45) is 0 Å². The maximum Gasteiger partial charge on any atom is 0.245 e. The summed E-state index contributed by atoms with van der Waals surface area (Å²) < 4.78 is 5.41. The summed E-state index contributed by atoms with van der Waals surface area (Å²) in [5, 5.41) is 12.3. The minimum Gasteiger partial charge on any atom is -0.339 e. The van der Waals surface area contributed by atoms with Gasteiger partial charge in [0.05, 0.1) is 17.3 Å². The molecule has 1 aliphatic heterocycles. The van der Waals surface area contributed by atoms with Crippen molar-refractivity contribution in [1.82, 2.24) is 25.3 Å². The normalized spacial score (nSPS) is 14.8. The Balaban J connectivity index is 1.46. The number of anilines is 1. The van der Waals surface area contributed by atoms with E-state index < -0.39 is 0 Å². The summed E-state index contributed by atoms with van der Waals surface area (Å²) in [5.74, 6) is 2.16. The third kappa shape index (κ3) is 2.54. The molecule has 0 radical (unpaired) electrons. The van der Waals surface area contributed by atoms with E-state index in [2.05, 4.69) is 30.2 Å². The van der Waals surface area contributed by atoms with Crippen LogP contribution in [0.4, 0.5) is 5.95 Å². The van der Waals surface area contributed by atoms with Gasteiger partial charge in [-0.2, -0.15) is 10.1 Å². The molecule has 3 heterocycles. The van der Waals surface area contributed by atoms with Crippen LogP contribution < -0.4 is 4.90 Å². The summed E-state index contributed by atoms with van der Waals surface area (Å²) >= 11 is 0. The van der Waals surface area contributed by atoms with Crippen LogP contribution in [0.1, 0.15) is 23.2 Å². The number of nitrogens with zero attached hydrogens (tertiary/aromatic N) is 6. The van der Waals surface area contributed by atoms with E-state index in [0.29, 0.717) is 17.7 Å². The summed E-state index contributed by atoms with van der Waals surface area (Å²) in [6, 6.07) is 9.82. The molecule has 0 saturated carbocycles. The number of hydrogen-bond donors (Lipinski definition) is 0. The molecule has 2 aromatic heterocycles. The molecule has 7 nitrogen and oxygen atoms in total. The van der Waals surface area contributed by atoms with Gasteiger partial charge in [0.25, 0.3) is 0 Å². The van der Waals surface area contributed by atoms with Gasteiger partial charge in [-0.25, -0.2) is 4.98 Å². The molecule has 1 fully saturated rings. The fourth-order valence-electron chi connectivity index (χ4n) is 2.48.